The minimum absolute atomic E-state index is 0.498. The molecule has 0 fully saturated rings. The zero-order chi connectivity index (χ0) is 48.9. The summed E-state index contributed by atoms with van der Waals surface area (Å²) in [6.45, 7) is 15.4. The molecule has 8 nitrogen and oxygen atoms in total. The number of benzene rings is 9. The van der Waals surface area contributed by atoms with E-state index in [2.05, 4.69) is 110 Å². The van der Waals surface area contributed by atoms with Gasteiger partial charge in [0.2, 0.25) is 0 Å². The highest BCUT2D eigenvalue weighted by Crippen LogP contribution is 2.44. The number of nitriles is 3. The van der Waals surface area contributed by atoms with Crippen LogP contribution < -0.4 is 0 Å². The summed E-state index contributed by atoms with van der Waals surface area (Å²) in [6.07, 6.45) is 3.69. The summed E-state index contributed by atoms with van der Waals surface area (Å²) in [5.41, 5.74) is 17.5. The summed E-state index contributed by atoms with van der Waals surface area (Å²) >= 11 is 0. The van der Waals surface area contributed by atoms with Crippen molar-refractivity contribution in [2.24, 2.45) is 0 Å². The number of rotatable bonds is 7. The summed E-state index contributed by atoms with van der Waals surface area (Å²) in [5.74, 6) is 0. The van der Waals surface area contributed by atoms with E-state index < -0.39 is 0 Å². The molecule has 8 heteroatoms. The molecule has 9 aromatic carbocycles. The molecule has 3 heterocycles. The lowest BCUT2D eigenvalue weighted by Gasteiger charge is -2.18. The van der Waals surface area contributed by atoms with E-state index in [4.69, 9.17) is 18.1 Å². The van der Waals surface area contributed by atoms with E-state index in [-0.39, 0.29) is 0 Å². The van der Waals surface area contributed by atoms with Gasteiger partial charge in [-0.15, -0.1) is 0 Å². The second-order valence-electron chi connectivity index (χ2n) is 17.5. The van der Waals surface area contributed by atoms with Crippen LogP contribution >= 0.6 is 0 Å². The van der Waals surface area contributed by atoms with Crippen LogP contribution in [0, 0.1) is 47.1 Å². The van der Waals surface area contributed by atoms with Gasteiger partial charge in [0.05, 0.1) is 87.7 Å². The monoisotopic (exact) mass is 914 g/mol. The Morgan fingerprint density at radius 1 is 0.361 bits per heavy atom. The zero-order valence-corrected chi connectivity index (χ0v) is 38.2. The maximum absolute atomic E-state index is 10.5. The lowest BCUT2D eigenvalue weighted by molar-refractivity contribution is 1.13. The van der Waals surface area contributed by atoms with Crippen molar-refractivity contribution in [2.45, 2.75) is 0 Å². The van der Waals surface area contributed by atoms with Crippen LogP contribution in [0.5, 0.6) is 0 Å². The third-order valence-corrected chi connectivity index (χ3v) is 13.5. The van der Waals surface area contributed by atoms with Gasteiger partial charge in [0.25, 0.3) is 0 Å². The molecule has 0 saturated carbocycles. The third-order valence-electron chi connectivity index (χ3n) is 13.5. The first-order chi connectivity index (χ1) is 35.4. The molecule has 12 rings (SSSR count). The van der Waals surface area contributed by atoms with E-state index in [1.54, 1.807) is 18.3 Å². The van der Waals surface area contributed by atoms with Gasteiger partial charge in [-0.3, -0.25) is 4.98 Å². The SMILES string of the molecule is [C-]#[N+]c1cccc(-c2ccc3c(c2)c2cc(-c4cccc([N+]#[C-])c4)ccc2n3-c2cc(C#N)ccc2-c2ccncc2-n2c3ccc(-c4cccc(C#N)c4)cc3c3cc(-c4cccc(C#N)c4)ccc32)c1. The topological polar surface area (TPSA) is 103 Å². The Kier molecular flexibility index (Phi) is 10.3. The minimum Gasteiger partial charge on any atom is -0.309 e. The van der Waals surface area contributed by atoms with Gasteiger partial charge in [-0.2, -0.15) is 15.8 Å². The predicted molar refractivity (Wildman–Crippen MR) is 287 cm³/mol. The number of nitrogens with zero attached hydrogens (tertiary/aromatic N) is 8. The van der Waals surface area contributed by atoms with Crippen LogP contribution in [0.1, 0.15) is 16.7 Å². The molecule has 0 spiro atoms. The molecule has 72 heavy (non-hydrogen) atoms. The molecule has 0 saturated heterocycles. The molecule has 12 aromatic rings. The molecule has 0 aliphatic heterocycles. The Morgan fingerprint density at radius 2 is 0.736 bits per heavy atom. The second-order valence-corrected chi connectivity index (χ2v) is 17.5. The van der Waals surface area contributed by atoms with Gasteiger partial charge in [-0.25, -0.2) is 9.69 Å². The van der Waals surface area contributed by atoms with Crippen LogP contribution in [0.25, 0.3) is 120 Å². The lowest BCUT2D eigenvalue weighted by Crippen LogP contribution is -2.02. The summed E-state index contributed by atoms with van der Waals surface area (Å²) in [4.78, 5) is 12.2. The normalized spacial score (nSPS) is 11.0. The standard InChI is InChI=1S/C64H34N8/c1-68-51-13-5-11-45(30-51)49-18-21-59-55(34-49)56-35-50(46-12-6-14-52(31-46)69-2)19-22-60(56)71(59)63-29-42(38-67)15-20-53(63)54-25-26-70-39-64(54)72-61-23-16-47(43-9-3-7-40(27-43)36-65)32-57(61)58-33-48(17-24-62(58)72)44-10-4-8-41(28-44)37-66/h3-35,39H. The maximum Gasteiger partial charge on any atom is 0.187 e. The molecule has 0 aliphatic carbocycles. The smallest absolute Gasteiger partial charge is 0.187 e. The molecule has 0 unspecified atom stereocenters. The van der Waals surface area contributed by atoms with Gasteiger partial charge < -0.3 is 9.13 Å². The van der Waals surface area contributed by atoms with Gasteiger partial charge in [0.1, 0.15) is 0 Å². The van der Waals surface area contributed by atoms with Crippen molar-refractivity contribution in [3.8, 4) is 85.2 Å². The van der Waals surface area contributed by atoms with Crippen molar-refractivity contribution in [2.75, 3.05) is 0 Å². The second kappa shape index (κ2) is 17.4. The van der Waals surface area contributed by atoms with E-state index in [1.807, 2.05) is 115 Å². The number of pyridine rings is 1. The van der Waals surface area contributed by atoms with Crippen molar-refractivity contribution in [1.82, 2.24) is 14.1 Å². The molecule has 330 valence electrons. The minimum atomic E-state index is 0.498. The molecular formula is C64H34N8. The molecule has 0 bridgehead atoms. The summed E-state index contributed by atoms with van der Waals surface area (Å²) < 4.78 is 4.48. The molecule has 0 amide bonds. The largest absolute Gasteiger partial charge is 0.309 e. The molecule has 0 N–H and O–H groups in total. The zero-order valence-electron chi connectivity index (χ0n) is 38.2. The van der Waals surface area contributed by atoms with Gasteiger partial charge >= 0.3 is 0 Å². The van der Waals surface area contributed by atoms with Crippen molar-refractivity contribution in [3.63, 3.8) is 0 Å². The van der Waals surface area contributed by atoms with Crippen LogP contribution in [0.2, 0.25) is 0 Å². The Hall–Kier alpha value is -10.8. The first kappa shape index (κ1) is 42.5. The summed E-state index contributed by atoms with van der Waals surface area (Å²) in [5, 5.41) is 34.1. The van der Waals surface area contributed by atoms with E-state index >= 15 is 0 Å². The van der Waals surface area contributed by atoms with Crippen LogP contribution in [0.4, 0.5) is 11.4 Å². The Bertz CT molecular complexity index is 4250. The van der Waals surface area contributed by atoms with Gasteiger partial charge in [0.15, 0.2) is 11.4 Å². The number of hydrogen-bond donors (Lipinski definition) is 0. The Labute approximate surface area is 414 Å². The first-order valence-corrected chi connectivity index (χ1v) is 23.1. The molecule has 0 radical (unpaired) electrons. The fraction of sp³-hybridized carbons (Fsp3) is 0. The van der Waals surface area contributed by atoms with Gasteiger partial charge in [-0.1, -0.05) is 91.0 Å². The number of aromatic nitrogens is 3. The Balaban J connectivity index is 1.11. The summed E-state index contributed by atoms with van der Waals surface area (Å²) in [6, 6.07) is 70.9. The quantitative estimate of drug-likeness (QED) is 0.149. The van der Waals surface area contributed by atoms with Crippen LogP contribution in [-0.4, -0.2) is 14.1 Å². The highest BCUT2D eigenvalue weighted by atomic mass is 15.0. The molecule has 0 atom stereocenters. The van der Waals surface area contributed by atoms with Gasteiger partial charge in [-0.05, 0) is 148 Å². The first-order valence-electron chi connectivity index (χ1n) is 23.1. The van der Waals surface area contributed by atoms with Crippen molar-refractivity contribution >= 4 is 55.0 Å². The van der Waals surface area contributed by atoms with E-state index in [0.717, 1.165) is 111 Å². The molecular weight excluding hydrogens is 881 g/mol. The fourth-order valence-corrected chi connectivity index (χ4v) is 10.1. The highest BCUT2D eigenvalue weighted by Gasteiger charge is 2.23. The Morgan fingerprint density at radius 3 is 1.17 bits per heavy atom. The molecule has 0 aliphatic rings. The predicted octanol–water partition coefficient (Wildman–Crippen LogP) is 16.3. The average Bonchev–Trinajstić information content (AvgIpc) is 3.96. The van der Waals surface area contributed by atoms with Gasteiger partial charge in [0, 0.05) is 38.9 Å². The van der Waals surface area contributed by atoms with Crippen LogP contribution in [0.3, 0.4) is 0 Å². The highest BCUT2D eigenvalue weighted by molar-refractivity contribution is 6.14. The number of hydrogen-bond acceptors (Lipinski definition) is 4. The van der Waals surface area contributed by atoms with Crippen molar-refractivity contribution < 1.29 is 0 Å². The molecule has 3 aromatic heterocycles. The van der Waals surface area contributed by atoms with Crippen LogP contribution in [-0.2, 0) is 0 Å². The van der Waals surface area contributed by atoms with Crippen molar-refractivity contribution in [3.05, 3.63) is 246 Å². The van der Waals surface area contributed by atoms with E-state index in [1.165, 1.54) is 0 Å². The maximum atomic E-state index is 10.5. The van der Waals surface area contributed by atoms with Crippen LogP contribution in [0.15, 0.2) is 207 Å². The average molecular weight is 915 g/mol. The van der Waals surface area contributed by atoms with E-state index in [0.29, 0.717) is 28.1 Å². The van der Waals surface area contributed by atoms with E-state index in [9.17, 15) is 15.8 Å². The van der Waals surface area contributed by atoms with Crippen molar-refractivity contribution in [1.29, 1.82) is 15.8 Å². The number of fused-ring (bicyclic) bond motifs is 6. The third kappa shape index (κ3) is 7.17. The lowest BCUT2D eigenvalue weighted by atomic mass is 9.99. The fourth-order valence-electron chi connectivity index (χ4n) is 10.1. The summed E-state index contributed by atoms with van der Waals surface area (Å²) in [7, 11) is 0.